The maximum absolute atomic E-state index is 14.1. The van der Waals surface area contributed by atoms with Gasteiger partial charge in [0.15, 0.2) is 11.5 Å². The second kappa shape index (κ2) is 14.9. The molecule has 3 rings (SSSR count). The Hall–Kier alpha value is -4.12. The van der Waals surface area contributed by atoms with Crippen LogP contribution in [0.2, 0.25) is 0 Å². The van der Waals surface area contributed by atoms with Crippen molar-refractivity contribution in [3.8, 4) is 11.5 Å². The molecule has 0 fully saturated rings. The number of methoxy groups -OCH3 is 2. The molecular weight excluding hydrogens is 573 g/mol. The highest BCUT2D eigenvalue weighted by Crippen LogP contribution is 2.32. The molecule has 3 aromatic carbocycles. The molecule has 0 aromatic heterocycles. The van der Waals surface area contributed by atoms with Gasteiger partial charge < -0.3 is 19.7 Å². The number of amides is 2. The Morgan fingerprint density at radius 3 is 2.09 bits per heavy atom. The quantitative estimate of drug-likeness (QED) is 0.272. The highest BCUT2D eigenvalue weighted by atomic mass is 32.2. The zero-order valence-corrected chi connectivity index (χ0v) is 26.3. The van der Waals surface area contributed by atoms with Crippen molar-refractivity contribution in [1.29, 1.82) is 0 Å². The molecule has 3 aromatic rings. The molecule has 0 aliphatic rings. The maximum atomic E-state index is 14.1. The second-order valence-electron chi connectivity index (χ2n) is 10.3. The number of benzene rings is 3. The monoisotopic (exact) mass is 613 g/mol. The van der Waals surface area contributed by atoms with Crippen molar-refractivity contribution in [3.63, 3.8) is 0 Å². The lowest BCUT2D eigenvalue weighted by Crippen LogP contribution is -2.53. The van der Waals surface area contributed by atoms with E-state index < -0.39 is 34.3 Å². The summed E-state index contributed by atoms with van der Waals surface area (Å²) in [6.07, 6.45) is 0.973. The predicted molar refractivity (Wildman–Crippen MR) is 164 cm³/mol. The van der Waals surface area contributed by atoms with Crippen LogP contribution >= 0.6 is 0 Å². The van der Waals surface area contributed by atoms with E-state index in [2.05, 4.69) is 5.32 Å². The normalized spacial score (nSPS) is 12.6. The van der Waals surface area contributed by atoms with Crippen molar-refractivity contribution >= 4 is 27.5 Å². The minimum Gasteiger partial charge on any atom is -0.493 e. The molecule has 0 saturated heterocycles. The van der Waals surface area contributed by atoms with Crippen molar-refractivity contribution in [2.45, 2.75) is 64.1 Å². The van der Waals surface area contributed by atoms with Crippen LogP contribution in [0.3, 0.4) is 0 Å². The number of carbonyl (C=O) groups excluding carboxylic acids is 2. The summed E-state index contributed by atoms with van der Waals surface area (Å²) in [5, 5.41) is 2.93. The van der Waals surface area contributed by atoms with E-state index in [1.807, 2.05) is 20.8 Å². The van der Waals surface area contributed by atoms with Gasteiger partial charge in [-0.1, -0.05) is 43.7 Å². The summed E-state index contributed by atoms with van der Waals surface area (Å²) in [6, 6.07) is 15.6. The maximum Gasteiger partial charge on any atom is 0.264 e. The number of hydrogen-bond donors (Lipinski definition) is 1. The van der Waals surface area contributed by atoms with Crippen molar-refractivity contribution in [2.75, 3.05) is 25.1 Å². The topological polar surface area (TPSA) is 105 Å². The van der Waals surface area contributed by atoms with Crippen LogP contribution in [0.4, 0.5) is 10.1 Å². The Kier molecular flexibility index (Phi) is 11.5. The van der Waals surface area contributed by atoms with Gasteiger partial charge in [-0.15, -0.1) is 0 Å². The molecule has 0 aliphatic heterocycles. The van der Waals surface area contributed by atoms with E-state index in [0.717, 1.165) is 9.87 Å². The fourth-order valence-corrected chi connectivity index (χ4v) is 5.92. The van der Waals surface area contributed by atoms with Crippen molar-refractivity contribution < 1.29 is 31.9 Å². The molecular formula is C32H40FN3O6S. The lowest BCUT2D eigenvalue weighted by atomic mass is 10.1. The van der Waals surface area contributed by atoms with Gasteiger partial charge >= 0.3 is 0 Å². The van der Waals surface area contributed by atoms with Gasteiger partial charge in [-0.2, -0.15) is 0 Å². The fraction of sp³-hybridized carbons (Fsp3) is 0.375. The van der Waals surface area contributed by atoms with Gasteiger partial charge in [0.05, 0.1) is 24.8 Å². The lowest BCUT2D eigenvalue weighted by Gasteiger charge is -2.33. The average molecular weight is 614 g/mol. The first-order valence-electron chi connectivity index (χ1n) is 14.1. The molecule has 1 N–H and O–H groups in total. The van der Waals surface area contributed by atoms with Crippen LogP contribution in [0.5, 0.6) is 11.5 Å². The summed E-state index contributed by atoms with van der Waals surface area (Å²) in [4.78, 5) is 28.8. The van der Waals surface area contributed by atoms with Crippen LogP contribution in [0.15, 0.2) is 71.6 Å². The van der Waals surface area contributed by atoms with Crippen LogP contribution in [0.1, 0.15) is 44.7 Å². The molecule has 0 spiro atoms. The van der Waals surface area contributed by atoms with Crippen LogP contribution < -0.4 is 19.1 Å². The molecule has 0 aliphatic carbocycles. The van der Waals surface area contributed by atoms with Gasteiger partial charge in [0.2, 0.25) is 11.8 Å². The number of anilines is 1. The zero-order valence-electron chi connectivity index (χ0n) is 25.5. The van der Waals surface area contributed by atoms with Crippen LogP contribution in [0, 0.1) is 12.7 Å². The third-order valence-corrected chi connectivity index (χ3v) is 8.97. The van der Waals surface area contributed by atoms with Crippen LogP contribution in [-0.4, -0.2) is 58.0 Å². The van der Waals surface area contributed by atoms with Gasteiger partial charge in [0.1, 0.15) is 18.4 Å². The number of halogens is 1. The number of sulfonamides is 1. The Balaban J connectivity index is 2.09. The molecule has 0 radical (unpaired) electrons. The van der Waals surface area contributed by atoms with Gasteiger partial charge in [0.25, 0.3) is 10.0 Å². The Labute approximate surface area is 253 Å². The minimum absolute atomic E-state index is 0.0241. The van der Waals surface area contributed by atoms with Gasteiger partial charge in [-0.05, 0) is 68.7 Å². The Morgan fingerprint density at radius 2 is 1.53 bits per heavy atom. The first kappa shape index (κ1) is 33.4. The molecule has 232 valence electrons. The molecule has 2 atom stereocenters. The number of carbonyl (C=O) groups is 2. The Morgan fingerprint density at radius 1 is 0.907 bits per heavy atom. The van der Waals surface area contributed by atoms with Crippen molar-refractivity contribution in [2.24, 2.45) is 0 Å². The number of ether oxygens (including phenoxy) is 2. The first-order chi connectivity index (χ1) is 20.4. The SMILES string of the molecule is CC[C@@H](C)NC(=O)[C@@H](CC)N(Cc1ccc(F)cc1)C(=O)CN(c1ccc(C)cc1)S(=O)(=O)c1ccc(OC)c(OC)c1. The molecule has 43 heavy (non-hydrogen) atoms. The second-order valence-corrected chi connectivity index (χ2v) is 12.1. The summed E-state index contributed by atoms with van der Waals surface area (Å²) >= 11 is 0. The third-order valence-electron chi connectivity index (χ3n) is 7.20. The fourth-order valence-electron chi connectivity index (χ4n) is 4.49. The highest BCUT2D eigenvalue weighted by Gasteiger charge is 2.34. The first-order valence-corrected chi connectivity index (χ1v) is 15.5. The highest BCUT2D eigenvalue weighted by molar-refractivity contribution is 7.92. The smallest absolute Gasteiger partial charge is 0.264 e. The van der Waals surface area contributed by atoms with E-state index in [1.54, 1.807) is 31.2 Å². The summed E-state index contributed by atoms with van der Waals surface area (Å²) in [6.45, 7) is 6.84. The number of nitrogens with one attached hydrogen (secondary N) is 1. The summed E-state index contributed by atoms with van der Waals surface area (Å²) in [5.74, 6) is -0.820. The van der Waals surface area contributed by atoms with E-state index in [0.29, 0.717) is 17.7 Å². The molecule has 0 saturated carbocycles. The molecule has 11 heteroatoms. The standard InChI is InChI=1S/C32H40FN3O6S/c1-7-23(4)34-32(38)28(8-2)35(20-24-11-13-25(33)14-12-24)31(37)21-36(26-15-9-22(3)10-16-26)43(39,40)27-17-18-29(41-5)30(19-27)42-6/h9-19,23,28H,7-8,20-21H2,1-6H3,(H,34,38)/t23-,28-/m1/s1. The third kappa shape index (κ3) is 8.25. The summed E-state index contributed by atoms with van der Waals surface area (Å²) in [5.41, 5.74) is 1.77. The van der Waals surface area contributed by atoms with Crippen molar-refractivity contribution in [3.05, 3.63) is 83.7 Å². The van der Waals surface area contributed by atoms with Crippen LogP contribution in [0.25, 0.3) is 0 Å². The number of rotatable bonds is 14. The van der Waals surface area contributed by atoms with Gasteiger partial charge in [-0.25, -0.2) is 12.8 Å². The minimum atomic E-state index is -4.31. The summed E-state index contributed by atoms with van der Waals surface area (Å²) in [7, 11) is -1.46. The lowest BCUT2D eigenvalue weighted by molar-refractivity contribution is -0.140. The molecule has 9 nitrogen and oxygen atoms in total. The molecule has 0 heterocycles. The largest absolute Gasteiger partial charge is 0.493 e. The van der Waals surface area contributed by atoms with E-state index in [4.69, 9.17) is 9.47 Å². The average Bonchev–Trinajstić information content (AvgIpc) is 3.00. The van der Waals surface area contributed by atoms with Crippen molar-refractivity contribution in [1.82, 2.24) is 10.2 Å². The Bertz CT molecular complexity index is 1500. The van der Waals surface area contributed by atoms with Crippen LogP contribution in [-0.2, 0) is 26.2 Å². The summed E-state index contributed by atoms with van der Waals surface area (Å²) < 4.78 is 53.5. The number of nitrogens with zero attached hydrogens (tertiary/aromatic N) is 2. The van der Waals surface area contributed by atoms with E-state index in [-0.39, 0.29) is 41.2 Å². The molecule has 0 unspecified atom stereocenters. The predicted octanol–water partition coefficient (Wildman–Crippen LogP) is 5.07. The number of aryl methyl sites for hydroxylation is 1. The molecule has 2 amide bonds. The van der Waals surface area contributed by atoms with E-state index in [1.165, 1.54) is 61.6 Å². The zero-order chi connectivity index (χ0) is 31.7. The van der Waals surface area contributed by atoms with E-state index >= 15 is 0 Å². The number of hydrogen-bond acceptors (Lipinski definition) is 6. The van der Waals surface area contributed by atoms with Gasteiger partial charge in [-0.3, -0.25) is 13.9 Å². The van der Waals surface area contributed by atoms with Gasteiger partial charge in [0, 0.05) is 18.7 Å². The van der Waals surface area contributed by atoms with E-state index in [9.17, 15) is 22.4 Å². The molecule has 0 bridgehead atoms.